The van der Waals surface area contributed by atoms with Crippen molar-refractivity contribution >= 4 is 0 Å². The topological polar surface area (TPSA) is 38.7 Å². The zero-order valence-electron chi connectivity index (χ0n) is 11.2. The van der Waals surface area contributed by atoms with Gasteiger partial charge in [0.1, 0.15) is 13.2 Å². The van der Waals surface area contributed by atoms with Gasteiger partial charge in [-0.15, -0.1) is 0 Å². The SMILES string of the molecule is CCC(CC)CC(O)c1cccc2c1OCCO2. The average Bonchev–Trinajstić information content (AvgIpc) is 2.43. The lowest BCUT2D eigenvalue weighted by atomic mass is 9.92. The number of para-hydroxylation sites is 1. The van der Waals surface area contributed by atoms with Crippen molar-refractivity contribution in [1.82, 2.24) is 0 Å². The zero-order chi connectivity index (χ0) is 13.0. The van der Waals surface area contributed by atoms with E-state index in [9.17, 15) is 5.11 Å². The number of benzene rings is 1. The van der Waals surface area contributed by atoms with Crippen molar-refractivity contribution in [3.05, 3.63) is 23.8 Å². The van der Waals surface area contributed by atoms with Crippen molar-refractivity contribution in [2.45, 2.75) is 39.2 Å². The van der Waals surface area contributed by atoms with E-state index in [2.05, 4.69) is 13.8 Å². The normalized spacial score (nSPS) is 15.8. The molecule has 3 nitrogen and oxygen atoms in total. The van der Waals surface area contributed by atoms with Gasteiger partial charge in [0, 0.05) is 5.56 Å². The molecule has 1 heterocycles. The Hall–Kier alpha value is -1.22. The van der Waals surface area contributed by atoms with E-state index in [1.54, 1.807) is 0 Å². The van der Waals surface area contributed by atoms with Crippen molar-refractivity contribution in [2.24, 2.45) is 5.92 Å². The van der Waals surface area contributed by atoms with E-state index in [-0.39, 0.29) is 0 Å². The summed E-state index contributed by atoms with van der Waals surface area (Å²) in [5.41, 5.74) is 0.860. The Morgan fingerprint density at radius 1 is 1.17 bits per heavy atom. The first-order chi connectivity index (χ1) is 8.76. The molecule has 0 fully saturated rings. The van der Waals surface area contributed by atoms with Gasteiger partial charge in [-0.3, -0.25) is 0 Å². The number of ether oxygens (including phenoxy) is 2. The van der Waals surface area contributed by atoms with Gasteiger partial charge in [-0.1, -0.05) is 38.8 Å². The van der Waals surface area contributed by atoms with Crippen molar-refractivity contribution in [3.8, 4) is 11.5 Å². The minimum atomic E-state index is -0.466. The van der Waals surface area contributed by atoms with Gasteiger partial charge in [0.2, 0.25) is 0 Å². The van der Waals surface area contributed by atoms with Crippen LogP contribution >= 0.6 is 0 Å². The predicted octanol–water partition coefficient (Wildman–Crippen LogP) is 3.32. The fourth-order valence-electron chi connectivity index (χ4n) is 2.42. The summed E-state index contributed by atoms with van der Waals surface area (Å²) >= 11 is 0. The van der Waals surface area contributed by atoms with Crippen LogP contribution in [-0.2, 0) is 0 Å². The highest BCUT2D eigenvalue weighted by molar-refractivity contribution is 5.48. The number of hydrogen-bond donors (Lipinski definition) is 1. The first-order valence-electron chi connectivity index (χ1n) is 6.82. The van der Waals surface area contributed by atoms with Gasteiger partial charge in [-0.05, 0) is 18.4 Å². The standard InChI is InChI=1S/C15H22O3/c1-3-11(4-2)10-13(16)12-6-5-7-14-15(12)18-9-8-17-14/h5-7,11,13,16H,3-4,8-10H2,1-2H3. The van der Waals surface area contributed by atoms with Crippen LogP contribution in [0.1, 0.15) is 44.8 Å². The highest BCUT2D eigenvalue weighted by Gasteiger charge is 2.22. The van der Waals surface area contributed by atoms with E-state index in [1.165, 1.54) is 0 Å². The Balaban J connectivity index is 2.17. The second-order valence-corrected chi connectivity index (χ2v) is 4.81. The lowest BCUT2D eigenvalue weighted by Gasteiger charge is -2.24. The molecule has 0 aromatic heterocycles. The molecule has 2 rings (SSSR count). The van der Waals surface area contributed by atoms with E-state index in [1.807, 2.05) is 18.2 Å². The van der Waals surface area contributed by atoms with Crippen molar-refractivity contribution in [2.75, 3.05) is 13.2 Å². The number of aliphatic hydroxyl groups excluding tert-OH is 1. The van der Waals surface area contributed by atoms with Crippen molar-refractivity contribution in [3.63, 3.8) is 0 Å². The predicted molar refractivity (Wildman–Crippen MR) is 71.1 cm³/mol. The molecule has 100 valence electrons. The Labute approximate surface area is 109 Å². The molecule has 0 bridgehead atoms. The molecular formula is C15H22O3. The summed E-state index contributed by atoms with van der Waals surface area (Å²) in [4.78, 5) is 0. The summed E-state index contributed by atoms with van der Waals surface area (Å²) in [6, 6.07) is 5.74. The molecule has 3 heteroatoms. The lowest BCUT2D eigenvalue weighted by molar-refractivity contribution is 0.125. The second kappa shape index (κ2) is 6.10. The minimum absolute atomic E-state index is 0.466. The molecule has 1 aliphatic heterocycles. The smallest absolute Gasteiger partial charge is 0.167 e. The van der Waals surface area contributed by atoms with Crippen LogP contribution in [0.4, 0.5) is 0 Å². The fourth-order valence-corrected chi connectivity index (χ4v) is 2.42. The third kappa shape index (κ3) is 2.78. The van der Waals surface area contributed by atoms with Crippen LogP contribution in [0.5, 0.6) is 11.5 Å². The summed E-state index contributed by atoms with van der Waals surface area (Å²) in [6.45, 7) is 5.47. The molecular weight excluding hydrogens is 228 g/mol. The molecule has 0 aliphatic carbocycles. The summed E-state index contributed by atoms with van der Waals surface area (Å²) < 4.78 is 11.2. The molecule has 0 radical (unpaired) electrons. The number of hydrogen-bond acceptors (Lipinski definition) is 3. The van der Waals surface area contributed by atoms with E-state index in [0.29, 0.717) is 19.1 Å². The second-order valence-electron chi connectivity index (χ2n) is 4.81. The fraction of sp³-hybridized carbons (Fsp3) is 0.600. The van der Waals surface area contributed by atoms with E-state index in [4.69, 9.17) is 9.47 Å². The van der Waals surface area contributed by atoms with Crippen molar-refractivity contribution < 1.29 is 14.6 Å². The van der Waals surface area contributed by atoms with E-state index >= 15 is 0 Å². The molecule has 1 aromatic carbocycles. The van der Waals surface area contributed by atoms with Gasteiger partial charge >= 0.3 is 0 Å². The Kier molecular flexibility index (Phi) is 4.48. The maximum absolute atomic E-state index is 10.4. The summed E-state index contributed by atoms with van der Waals surface area (Å²) in [5, 5.41) is 10.4. The van der Waals surface area contributed by atoms with Gasteiger partial charge in [-0.25, -0.2) is 0 Å². The lowest BCUT2D eigenvalue weighted by Crippen LogP contribution is -2.18. The van der Waals surface area contributed by atoms with Crippen LogP contribution in [0, 0.1) is 5.92 Å². The highest BCUT2D eigenvalue weighted by Crippen LogP contribution is 2.39. The van der Waals surface area contributed by atoms with Gasteiger partial charge in [-0.2, -0.15) is 0 Å². The zero-order valence-corrected chi connectivity index (χ0v) is 11.2. The van der Waals surface area contributed by atoms with Crippen LogP contribution < -0.4 is 9.47 Å². The van der Waals surface area contributed by atoms with Gasteiger partial charge in [0.05, 0.1) is 6.10 Å². The molecule has 1 aromatic rings. The van der Waals surface area contributed by atoms with Crippen molar-refractivity contribution in [1.29, 1.82) is 0 Å². The third-order valence-corrected chi connectivity index (χ3v) is 3.67. The first kappa shape index (κ1) is 13.2. The summed E-state index contributed by atoms with van der Waals surface area (Å²) in [6.07, 6.45) is 2.51. The molecule has 0 spiro atoms. The van der Waals surface area contributed by atoms with Crippen LogP contribution in [0.3, 0.4) is 0 Å². The maximum Gasteiger partial charge on any atom is 0.167 e. The van der Waals surface area contributed by atoms with Crippen LogP contribution in [0.25, 0.3) is 0 Å². The monoisotopic (exact) mass is 250 g/mol. The molecule has 1 atom stereocenters. The Bertz CT molecular complexity index is 385. The third-order valence-electron chi connectivity index (χ3n) is 3.67. The van der Waals surface area contributed by atoms with Crippen LogP contribution in [-0.4, -0.2) is 18.3 Å². The van der Waals surface area contributed by atoms with Gasteiger partial charge in [0.25, 0.3) is 0 Å². The highest BCUT2D eigenvalue weighted by atomic mass is 16.6. The van der Waals surface area contributed by atoms with Crippen LogP contribution in [0.15, 0.2) is 18.2 Å². The number of aliphatic hydroxyl groups is 1. The van der Waals surface area contributed by atoms with E-state index in [0.717, 1.165) is 36.3 Å². The molecule has 0 saturated carbocycles. The molecule has 1 N–H and O–H groups in total. The van der Waals surface area contributed by atoms with Gasteiger partial charge < -0.3 is 14.6 Å². The first-order valence-corrected chi connectivity index (χ1v) is 6.82. The minimum Gasteiger partial charge on any atom is -0.486 e. The van der Waals surface area contributed by atoms with Crippen LogP contribution in [0.2, 0.25) is 0 Å². The molecule has 1 aliphatic rings. The molecule has 18 heavy (non-hydrogen) atoms. The maximum atomic E-state index is 10.4. The Morgan fingerprint density at radius 2 is 1.89 bits per heavy atom. The largest absolute Gasteiger partial charge is 0.486 e. The number of rotatable bonds is 5. The Morgan fingerprint density at radius 3 is 2.61 bits per heavy atom. The molecule has 1 unspecified atom stereocenters. The van der Waals surface area contributed by atoms with Gasteiger partial charge in [0.15, 0.2) is 11.5 Å². The quantitative estimate of drug-likeness (QED) is 0.871. The summed E-state index contributed by atoms with van der Waals surface area (Å²) in [7, 11) is 0. The molecule has 0 saturated heterocycles. The summed E-state index contributed by atoms with van der Waals surface area (Å²) in [5.74, 6) is 2.03. The van der Waals surface area contributed by atoms with E-state index < -0.39 is 6.10 Å². The molecule has 0 amide bonds. The number of fused-ring (bicyclic) bond motifs is 1. The average molecular weight is 250 g/mol.